The van der Waals surface area contributed by atoms with Crippen molar-refractivity contribution < 1.29 is 4.79 Å². The number of fused-ring (bicyclic) bond motifs is 1. The van der Waals surface area contributed by atoms with Crippen molar-refractivity contribution >= 4 is 5.91 Å². The second-order valence-corrected chi connectivity index (χ2v) is 3.40. The number of aromatic nitrogens is 7. The number of nitrogens with one attached hydrogen (secondary N) is 1. The number of hydrogen-bond donors (Lipinski definition) is 1. The van der Waals surface area contributed by atoms with E-state index >= 15 is 0 Å². The summed E-state index contributed by atoms with van der Waals surface area (Å²) in [6, 6.07) is 0. The standard InChI is InChI=1S/C7H8N8O/c16-7(6-10-12-13-11-6)14-1-2-15-4-8-9-5(15)3-14/h4H,1-3H2,(H,10,11,12,13). The summed E-state index contributed by atoms with van der Waals surface area (Å²) in [5.74, 6) is 0.596. The smallest absolute Gasteiger partial charge is 0.295 e. The predicted molar refractivity (Wildman–Crippen MR) is 48.9 cm³/mol. The van der Waals surface area contributed by atoms with Gasteiger partial charge < -0.3 is 9.47 Å². The van der Waals surface area contributed by atoms with Gasteiger partial charge in [0.2, 0.25) is 0 Å². The number of aromatic amines is 1. The van der Waals surface area contributed by atoms with Crippen molar-refractivity contribution in [2.24, 2.45) is 0 Å². The lowest BCUT2D eigenvalue weighted by atomic mass is 10.3. The molecular formula is C7H8N8O. The first-order valence-electron chi connectivity index (χ1n) is 4.74. The van der Waals surface area contributed by atoms with Gasteiger partial charge in [0.15, 0.2) is 5.82 Å². The normalized spacial score (nSPS) is 14.9. The molecule has 2 aromatic heterocycles. The summed E-state index contributed by atoms with van der Waals surface area (Å²) in [5, 5.41) is 20.6. The molecule has 0 unspecified atom stereocenters. The minimum Gasteiger partial charge on any atom is -0.326 e. The molecule has 9 nitrogen and oxygen atoms in total. The van der Waals surface area contributed by atoms with Crippen molar-refractivity contribution in [2.75, 3.05) is 6.54 Å². The quantitative estimate of drug-likeness (QED) is 0.623. The first-order chi connectivity index (χ1) is 7.84. The Balaban J connectivity index is 1.81. The van der Waals surface area contributed by atoms with E-state index in [1.165, 1.54) is 0 Å². The maximum absolute atomic E-state index is 11.9. The Morgan fingerprint density at radius 2 is 2.31 bits per heavy atom. The third-order valence-corrected chi connectivity index (χ3v) is 2.46. The monoisotopic (exact) mass is 220 g/mol. The van der Waals surface area contributed by atoms with Crippen LogP contribution in [0, 0.1) is 0 Å². The number of carbonyl (C=O) groups is 1. The molecule has 82 valence electrons. The molecule has 0 saturated heterocycles. The molecule has 2 aromatic rings. The second kappa shape index (κ2) is 3.36. The molecular weight excluding hydrogens is 212 g/mol. The third-order valence-electron chi connectivity index (χ3n) is 2.46. The Bertz CT molecular complexity index is 502. The molecule has 3 heterocycles. The van der Waals surface area contributed by atoms with E-state index in [4.69, 9.17) is 0 Å². The molecule has 3 rings (SSSR count). The first-order valence-corrected chi connectivity index (χ1v) is 4.74. The van der Waals surface area contributed by atoms with E-state index in [1.54, 1.807) is 11.2 Å². The molecule has 1 N–H and O–H groups in total. The average Bonchev–Trinajstić information content (AvgIpc) is 2.98. The molecule has 0 bridgehead atoms. The largest absolute Gasteiger partial charge is 0.326 e. The summed E-state index contributed by atoms with van der Waals surface area (Å²) < 4.78 is 1.92. The van der Waals surface area contributed by atoms with Gasteiger partial charge >= 0.3 is 0 Å². The van der Waals surface area contributed by atoms with Crippen LogP contribution < -0.4 is 0 Å². The minimum atomic E-state index is -0.247. The highest BCUT2D eigenvalue weighted by molar-refractivity contribution is 5.90. The van der Waals surface area contributed by atoms with Crippen molar-refractivity contribution in [3.8, 4) is 0 Å². The molecule has 1 aliphatic rings. The molecule has 0 atom stereocenters. The predicted octanol–water partition coefficient (Wildman–Crippen LogP) is -1.55. The molecule has 0 aliphatic carbocycles. The number of nitrogens with zero attached hydrogens (tertiary/aromatic N) is 7. The Morgan fingerprint density at radius 1 is 1.38 bits per heavy atom. The van der Waals surface area contributed by atoms with Crippen LogP contribution in [0.3, 0.4) is 0 Å². The zero-order valence-electron chi connectivity index (χ0n) is 8.24. The molecule has 0 spiro atoms. The summed E-state index contributed by atoms with van der Waals surface area (Å²) >= 11 is 0. The number of H-pyrrole nitrogens is 1. The van der Waals surface area contributed by atoms with Crippen molar-refractivity contribution in [1.82, 2.24) is 40.3 Å². The molecule has 1 amide bonds. The molecule has 0 saturated carbocycles. The number of carbonyl (C=O) groups excluding carboxylic acids is 1. The number of rotatable bonds is 1. The summed E-state index contributed by atoms with van der Waals surface area (Å²) in [7, 11) is 0. The molecule has 16 heavy (non-hydrogen) atoms. The van der Waals surface area contributed by atoms with Crippen molar-refractivity contribution in [1.29, 1.82) is 0 Å². The van der Waals surface area contributed by atoms with Gasteiger partial charge in [-0.15, -0.1) is 20.4 Å². The van der Waals surface area contributed by atoms with E-state index in [-0.39, 0.29) is 11.7 Å². The molecule has 9 heteroatoms. The van der Waals surface area contributed by atoms with Gasteiger partial charge in [-0.2, -0.15) is 5.21 Å². The highest BCUT2D eigenvalue weighted by Crippen LogP contribution is 2.10. The van der Waals surface area contributed by atoms with Gasteiger partial charge in [-0.3, -0.25) is 4.79 Å². The maximum Gasteiger partial charge on any atom is 0.295 e. The molecule has 1 aliphatic heterocycles. The molecule has 0 radical (unpaired) electrons. The van der Waals surface area contributed by atoms with E-state index in [1.807, 2.05) is 4.57 Å². The fraction of sp³-hybridized carbons (Fsp3) is 0.429. The Hall–Kier alpha value is -2.32. The number of tetrazole rings is 1. The molecule has 0 fully saturated rings. The van der Waals surface area contributed by atoms with Crippen LogP contribution in [0.1, 0.15) is 16.4 Å². The molecule has 0 aromatic carbocycles. The van der Waals surface area contributed by atoms with Crippen LogP contribution in [0.25, 0.3) is 0 Å². The van der Waals surface area contributed by atoms with Crippen LogP contribution in [0.4, 0.5) is 0 Å². The zero-order valence-corrected chi connectivity index (χ0v) is 8.24. The minimum absolute atomic E-state index is 0.0768. The van der Waals surface area contributed by atoms with Crippen LogP contribution in [-0.2, 0) is 13.1 Å². The fourth-order valence-corrected chi connectivity index (χ4v) is 1.63. The lowest BCUT2D eigenvalue weighted by Gasteiger charge is -2.25. The van der Waals surface area contributed by atoms with Crippen LogP contribution >= 0.6 is 0 Å². The van der Waals surface area contributed by atoms with Crippen LogP contribution in [-0.4, -0.2) is 52.7 Å². The van der Waals surface area contributed by atoms with Crippen LogP contribution in [0.2, 0.25) is 0 Å². The summed E-state index contributed by atoms with van der Waals surface area (Å²) in [4.78, 5) is 13.5. The number of hydrogen-bond acceptors (Lipinski definition) is 6. The Morgan fingerprint density at radius 3 is 3.12 bits per heavy atom. The summed E-state index contributed by atoms with van der Waals surface area (Å²) in [5.41, 5.74) is 0. The SMILES string of the molecule is O=C(c1nn[nH]n1)N1CCn2cnnc2C1. The Labute approximate surface area is 89.5 Å². The second-order valence-electron chi connectivity index (χ2n) is 3.40. The van der Waals surface area contributed by atoms with E-state index in [9.17, 15) is 4.79 Å². The zero-order chi connectivity index (χ0) is 11.0. The topological polar surface area (TPSA) is 105 Å². The van der Waals surface area contributed by atoms with Gasteiger partial charge in [0.05, 0.1) is 6.54 Å². The van der Waals surface area contributed by atoms with Gasteiger partial charge in [-0.1, -0.05) is 0 Å². The van der Waals surface area contributed by atoms with Gasteiger partial charge in [0.25, 0.3) is 11.7 Å². The summed E-state index contributed by atoms with van der Waals surface area (Å²) in [6.45, 7) is 1.71. The third kappa shape index (κ3) is 1.33. The summed E-state index contributed by atoms with van der Waals surface area (Å²) in [6.07, 6.45) is 1.66. The average molecular weight is 220 g/mol. The van der Waals surface area contributed by atoms with E-state index in [0.29, 0.717) is 19.6 Å². The lowest BCUT2D eigenvalue weighted by Crippen LogP contribution is -2.38. The van der Waals surface area contributed by atoms with Crippen molar-refractivity contribution in [3.05, 3.63) is 18.0 Å². The Kier molecular flexibility index (Phi) is 1.88. The van der Waals surface area contributed by atoms with Gasteiger partial charge in [-0.05, 0) is 5.21 Å². The first kappa shape index (κ1) is 8.95. The maximum atomic E-state index is 11.9. The fourth-order valence-electron chi connectivity index (χ4n) is 1.63. The van der Waals surface area contributed by atoms with Gasteiger partial charge in [0, 0.05) is 13.1 Å². The van der Waals surface area contributed by atoms with Gasteiger partial charge in [0.1, 0.15) is 6.33 Å². The lowest BCUT2D eigenvalue weighted by molar-refractivity contribution is 0.0695. The van der Waals surface area contributed by atoms with Crippen LogP contribution in [0.15, 0.2) is 6.33 Å². The van der Waals surface area contributed by atoms with Crippen molar-refractivity contribution in [2.45, 2.75) is 13.1 Å². The van der Waals surface area contributed by atoms with E-state index in [2.05, 4.69) is 30.8 Å². The number of amides is 1. The van der Waals surface area contributed by atoms with Crippen molar-refractivity contribution in [3.63, 3.8) is 0 Å². The van der Waals surface area contributed by atoms with Crippen LogP contribution in [0.5, 0.6) is 0 Å². The van der Waals surface area contributed by atoms with E-state index < -0.39 is 0 Å². The van der Waals surface area contributed by atoms with Gasteiger partial charge in [-0.25, -0.2) is 0 Å². The highest BCUT2D eigenvalue weighted by atomic mass is 16.2. The highest BCUT2D eigenvalue weighted by Gasteiger charge is 2.25. The van der Waals surface area contributed by atoms with E-state index in [0.717, 1.165) is 5.82 Å².